The van der Waals surface area contributed by atoms with E-state index in [0.717, 1.165) is 17.0 Å². The summed E-state index contributed by atoms with van der Waals surface area (Å²) in [7, 11) is 1.54. The Bertz CT molecular complexity index is 1070. The lowest BCUT2D eigenvalue weighted by Gasteiger charge is -2.18. The van der Waals surface area contributed by atoms with Gasteiger partial charge in [-0.2, -0.15) is 0 Å². The lowest BCUT2D eigenvalue weighted by molar-refractivity contribution is -0.155. The number of carbonyl (C=O) groups is 2. The van der Waals surface area contributed by atoms with E-state index in [9.17, 15) is 14.4 Å². The zero-order valence-corrected chi connectivity index (χ0v) is 17.5. The Hall–Kier alpha value is -3.39. The maximum atomic E-state index is 12.9. The highest BCUT2D eigenvalue weighted by Crippen LogP contribution is 2.23. The smallest absolute Gasteiger partial charge is 0.308 e. The first kappa shape index (κ1) is 21.3. The molecule has 0 unspecified atom stereocenters. The van der Waals surface area contributed by atoms with Crippen LogP contribution < -0.4 is 14.9 Å². The van der Waals surface area contributed by atoms with Gasteiger partial charge >= 0.3 is 10.8 Å². The number of amides is 1. The second-order valence-corrected chi connectivity index (χ2v) is 7.37. The molecule has 0 radical (unpaired) electrons. The van der Waals surface area contributed by atoms with Crippen molar-refractivity contribution in [2.45, 2.75) is 26.0 Å². The van der Waals surface area contributed by atoms with Crippen LogP contribution in [0.1, 0.15) is 23.8 Å². The van der Waals surface area contributed by atoms with Gasteiger partial charge in [0.05, 0.1) is 13.5 Å². The van der Waals surface area contributed by atoms with Crippen molar-refractivity contribution in [2.24, 2.45) is 0 Å². The van der Waals surface area contributed by atoms with Crippen LogP contribution in [0.5, 0.6) is 5.75 Å². The number of aryl methyl sites for hydroxylation is 1. The molecule has 0 fully saturated rings. The molecule has 0 saturated carbocycles. The Labute approximate surface area is 177 Å². The number of nitrogens with zero attached hydrogens (tertiary/aromatic N) is 1. The fourth-order valence-corrected chi connectivity index (χ4v) is 3.64. The summed E-state index contributed by atoms with van der Waals surface area (Å²) in [5.41, 5.74) is 1.86. The third kappa shape index (κ3) is 5.36. The Morgan fingerprint density at radius 1 is 1.13 bits per heavy atom. The van der Waals surface area contributed by atoms with E-state index in [1.807, 2.05) is 6.07 Å². The molecule has 1 aromatic heterocycles. The summed E-state index contributed by atoms with van der Waals surface area (Å²) in [6, 6.07) is 15.7. The van der Waals surface area contributed by atoms with E-state index in [1.54, 1.807) is 60.8 Å². The topological polar surface area (TPSA) is 86.6 Å². The van der Waals surface area contributed by atoms with E-state index in [4.69, 9.17) is 9.47 Å². The Morgan fingerprint density at radius 3 is 2.57 bits per heavy atom. The summed E-state index contributed by atoms with van der Waals surface area (Å²) >= 11 is 1.08. The molecule has 0 bridgehead atoms. The van der Waals surface area contributed by atoms with Gasteiger partial charge < -0.3 is 19.4 Å². The first-order chi connectivity index (χ1) is 14.5. The minimum Gasteiger partial charge on any atom is -0.497 e. The predicted octanol–water partition coefficient (Wildman–Crippen LogP) is 3.54. The minimum absolute atomic E-state index is 0.0206. The third-order valence-corrected chi connectivity index (χ3v) is 5.32. The van der Waals surface area contributed by atoms with Crippen LogP contribution in [0, 0.1) is 6.92 Å². The van der Waals surface area contributed by atoms with Crippen molar-refractivity contribution in [3.63, 3.8) is 0 Å². The van der Waals surface area contributed by atoms with Gasteiger partial charge in [-0.15, -0.1) is 0 Å². The SMILES string of the molecule is COc1cccc(NC(=O)[C@H](OC(=O)CCn2c(C)csc2=O)c2ccccc2)c1. The highest BCUT2D eigenvalue weighted by atomic mass is 32.1. The van der Waals surface area contributed by atoms with E-state index in [0.29, 0.717) is 17.0 Å². The molecule has 3 aromatic rings. The van der Waals surface area contributed by atoms with Crippen LogP contribution in [-0.4, -0.2) is 23.6 Å². The third-order valence-electron chi connectivity index (χ3n) is 4.44. The number of esters is 1. The summed E-state index contributed by atoms with van der Waals surface area (Å²) in [5.74, 6) is -0.452. The number of nitrogens with one attached hydrogen (secondary N) is 1. The van der Waals surface area contributed by atoms with Crippen molar-refractivity contribution in [3.8, 4) is 5.75 Å². The van der Waals surface area contributed by atoms with Crippen LogP contribution in [0.4, 0.5) is 5.69 Å². The number of rotatable bonds is 8. The van der Waals surface area contributed by atoms with E-state index < -0.39 is 18.0 Å². The highest BCUT2D eigenvalue weighted by molar-refractivity contribution is 7.07. The van der Waals surface area contributed by atoms with E-state index in [1.165, 1.54) is 11.7 Å². The second kappa shape index (κ2) is 9.89. The number of aromatic nitrogens is 1. The first-order valence-electron chi connectivity index (χ1n) is 9.32. The van der Waals surface area contributed by atoms with Crippen molar-refractivity contribution in [2.75, 3.05) is 12.4 Å². The monoisotopic (exact) mass is 426 g/mol. The second-order valence-electron chi connectivity index (χ2n) is 6.55. The van der Waals surface area contributed by atoms with Crippen molar-refractivity contribution in [1.29, 1.82) is 0 Å². The lowest BCUT2D eigenvalue weighted by atomic mass is 10.1. The van der Waals surface area contributed by atoms with Crippen LogP contribution in [0.3, 0.4) is 0 Å². The van der Waals surface area contributed by atoms with E-state index >= 15 is 0 Å². The molecular weight excluding hydrogens is 404 g/mol. The van der Waals surface area contributed by atoms with Crippen molar-refractivity contribution >= 4 is 28.9 Å². The number of carbonyl (C=O) groups excluding carboxylic acids is 2. The summed E-state index contributed by atoms with van der Waals surface area (Å²) < 4.78 is 12.2. The van der Waals surface area contributed by atoms with Crippen molar-refractivity contribution < 1.29 is 19.1 Å². The first-order valence-corrected chi connectivity index (χ1v) is 10.2. The van der Waals surface area contributed by atoms with Gasteiger partial charge in [0.1, 0.15) is 5.75 Å². The zero-order valence-electron chi connectivity index (χ0n) is 16.7. The van der Waals surface area contributed by atoms with Gasteiger partial charge in [0, 0.05) is 34.9 Å². The molecule has 30 heavy (non-hydrogen) atoms. The number of ether oxygens (including phenoxy) is 2. The standard InChI is InChI=1S/C22H22N2O5S/c1-15-14-30-22(27)24(15)12-11-19(25)29-20(16-7-4-3-5-8-16)21(26)23-17-9-6-10-18(13-17)28-2/h3-10,13-14,20H,11-12H2,1-2H3,(H,23,26)/t20-/m1/s1. The molecule has 1 atom stereocenters. The Morgan fingerprint density at radius 2 is 1.90 bits per heavy atom. The molecule has 3 rings (SSSR count). The maximum Gasteiger partial charge on any atom is 0.308 e. The van der Waals surface area contributed by atoms with Gasteiger partial charge in [0.25, 0.3) is 5.91 Å². The summed E-state index contributed by atoms with van der Waals surface area (Å²) in [5, 5.41) is 4.50. The zero-order chi connectivity index (χ0) is 21.5. The molecule has 0 spiro atoms. The quantitative estimate of drug-likeness (QED) is 0.557. The van der Waals surface area contributed by atoms with Gasteiger partial charge in [0.15, 0.2) is 0 Å². The van der Waals surface area contributed by atoms with Gasteiger partial charge in [-0.05, 0) is 19.1 Å². The molecule has 0 aliphatic carbocycles. The molecule has 0 aliphatic rings. The van der Waals surface area contributed by atoms with E-state index in [-0.39, 0.29) is 17.8 Å². The van der Waals surface area contributed by atoms with Crippen LogP contribution in [0.25, 0.3) is 0 Å². The molecule has 0 aliphatic heterocycles. The Balaban J connectivity index is 1.73. The number of thiazole rings is 1. The maximum absolute atomic E-state index is 12.9. The average Bonchev–Trinajstić information content (AvgIpc) is 3.08. The fourth-order valence-electron chi connectivity index (χ4n) is 2.88. The van der Waals surface area contributed by atoms with E-state index in [2.05, 4.69) is 5.32 Å². The van der Waals surface area contributed by atoms with Crippen LogP contribution in [0.15, 0.2) is 64.8 Å². The molecule has 1 amide bonds. The lowest BCUT2D eigenvalue weighted by Crippen LogP contribution is -2.27. The number of benzene rings is 2. The Kier molecular flexibility index (Phi) is 7.03. The molecule has 2 aromatic carbocycles. The van der Waals surface area contributed by atoms with Crippen molar-refractivity contribution in [1.82, 2.24) is 4.57 Å². The molecule has 0 saturated heterocycles. The number of anilines is 1. The van der Waals surface area contributed by atoms with Crippen LogP contribution in [-0.2, 0) is 20.9 Å². The molecule has 1 N–H and O–H groups in total. The number of hydrogen-bond acceptors (Lipinski definition) is 6. The summed E-state index contributed by atoms with van der Waals surface area (Å²) in [6.45, 7) is 2.00. The van der Waals surface area contributed by atoms with Gasteiger partial charge in [-0.25, -0.2) is 0 Å². The summed E-state index contributed by atoms with van der Waals surface area (Å²) in [6.07, 6.45) is -1.14. The molecule has 8 heteroatoms. The summed E-state index contributed by atoms with van der Waals surface area (Å²) in [4.78, 5) is 37.1. The minimum atomic E-state index is -1.12. The fraction of sp³-hybridized carbons (Fsp3) is 0.227. The molecule has 156 valence electrons. The van der Waals surface area contributed by atoms with Crippen molar-refractivity contribution in [3.05, 3.63) is 80.9 Å². The molecular formula is C22H22N2O5S. The largest absolute Gasteiger partial charge is 0.497 e. The molecule has 1 heterocycles. The highest BCUT2D eigenvalue weighted by Gasteiger charge is 2.25. The van der Waals surface area contributed by atoms with Crippen LogP contribution >= 0.6 is 11.3 Å². The van der Waals surface area contributed by atoms with Gasteiger partial charge in [0.2, 0.25) is 6.10 Å². The predicted molar refractivity (Wildman–Crippen MR) is 115 cm³/mol. The average molecular weight is 426 g/mol. The number of hydrogen-bond donors (Lipinski definition) is 1. The van der Waals surface area contributed by atoms with Crippen LogP contribution in [0.2, 0.25) is 0 Å². The number of methoxy groups -OCH3 is 1. The van der Waals surface area contributed by atoms with Gasteiger partial charge in [-0.1, -0.05) is 47.7 Å². The molecule has 7 nitrogen and oxygen atoms in total. The normalized spacial score (nSPS) is 11.5. The van der Waals surface area contributed by atoms with Gasteiger partial charge in [-0.3, -0.25) is 14.4 Å².